The average molecular weight is 239 g/mol. The van der Waals surface area contributed by atoms with E-state index in [1.807, 2.05) is 32.5 Å². The summed E-state index contributed by atoms with van der Waals surface area (Å²) < 4.78 is 0. The number of likely N-dealkylation sites (N-methyl/N-ethyl adjacent to an activating group) is 1. The Labute approximate surface area is 102 Å². The van der Waals surface area contributed by atoms with Crippen LogP contribution in [0.1, 0.15) is 41.9 Å². The molecule has 0 aliphatic rings. The van der Waals surface area contributed by atoms with Crippen LogP contribution in [0.15, 0.2) is 11.4 Å². The van der Waals surface area contributed by atoms with Crippen LogP contribution in [0.2, 0.25) is 0 Å². The topological polar surface area (TPSA) is 20.3 Å². The molecule has 0 unspecified atom stereocenters. The number of nitrogens with zero attached hydrogens (tertiary/aromatic N) is 1. The number of ketones is 1. The third kappa shape index (κ3) is 2.20. The van der Waals surface area contributed by atoms with Crippen molar-refractivity contribution in [2.24, 2.45) is 0 Å². The molecule has 1 aromatic rings. The average Bonchev–Trinajstić information content (AvgIpc) is 2.66. The zero-order valence-electron chi connectivity index (χ0n) is 10.8. The second-order valence-electron chi connectivity index (χ2n) is 4.41. The first-order valence-electron chi connectivity index (χ1n) is 5.75. The Bertz CT molecular complexity index is 364. The number of hydrogen-bond donors (Lipinski definition) is 0. The molecule has 0 saturated carbocycles. The van der Waals surface area contributed by atoms with Crippen molar-refractivity contribution < 1.29 is 4.79 Å². The highest BCUT2D eigenvalue weighted by atomic mass is 32.1. The van der Waals surface area contributed by atoms with Gasteiger partial charge in [-0.1, -0.05) is 13.8 Å². The number of Topliss-reactive ketones (excluding diaryl/α,β-unsaturated/α-hetero) is 1. The molecule has 0 aliphatic carbocycles. The van der Waals surface area contributed by atoms with Crippen molar-refractivity contribution >= 4 is 17.1 Å². The summed E-state index contributed by atoms with van der Waals surface area (Å²) >= 11 is 1.64. The molecule has 1 aromatic heterocycles. The number of thiophene rings is 1. The van der Waals surface area contributed by atoms with E-state index in [1.165, 1.54) is 4.88 Å². The molecule has 0 bridgehead atoms. The van der Waals surface area contributed by atoms with Crippen LogP contribution in [0.5, 0.6) is 0 Å². The van der Waals surface area contributed by atoms with E-state index >= 15 is 0 Å². The number of carbonyl (C=O) groups is 1. The lowest BCUT2D eigenvalue weighted by Gasteiger charge is -2.36. The van der Waals surface area contributed by atoms with Gasteiger partial charge in [0.25, 0.3) is 0 Å². The molecule has 0 aromatic carbocycles. The maximum atomic E-state index is 12.5. The molecule has 0 atom stereocenters. The van der Waals surface area contributed by atoms with Gasteiger partial charge in [0.1, 0.15) is 0 Å². The summed E-state index contributed by atoms with van der Waals surface area (Å²) in [5.74, 6) is 0.256. The fourth-order valence-electron chi connectivity index (χ4n) is 2.24. The van der Waals surface area contributed by atoms with E-state index in [1.54, 1.807) is 11.3 Å². The highest BCUT2D eigenvalue weighted by Crippen LogP contribution is 2.28. The highest BCUT2D eigenvalue weighted by Gasteiger charge is 2.37. The Morgan fingerprint density at radius 1 is 1.38 bits per heavy atom. The van der Waals surface area contributed by atoms with Crippen molar-refractivity contribution in [3.05, 3.63) is 21.9 Å². The van der Waals surface area contributed by atoms with Crippen LogP contribution in [0.3, 0.4) is 0 Å². The van der Waals surface area contributed by atoms with Crippen LogP contribution < -0.4 is 0 Å². The smallest absolute Gasteiger partial charge is 0.183 e. The van der Waals surface area contributed by atoms with Crippen LogP contribution in [0, 0.1) is 6.92 Å². The molecule has 0 amide bonds. The Hall–Kier alpha value is -0.670. The van der Waals surface area contributed by atoms with Crippen LogP contribution in [0.4, 0.5) is 0 Å². The fraction of sp³-hybridized carbons (Fsp3) is 0.615. The number of hydrogen-bond acceptors (Lipinski definition) is 3. The molecule has 1 heterocycles. The normalized spacial score (nSPS) is 12.1. The molecule has 1 rings (SSSR count). The minimum atomic E-state index is -0.340. The van der Waals surface area contributed by atoms with Gasteiger partial charge in [0, 0.05) is 15.8 Å². The van der Waals surface area contributed by atoms with Crippen molar-refractivity contribution in [3.63, 3.8) is 0 Å². The standard InChI is InChI=1S/C13H21NOS/c1-6-13(7-2,14(4)5)12(15)11-8-10(3)16-9-11/h8-9H,6-7H2,1-5H3. The summed E-state index contributed by atoms with van der Waals surface area (Å²) in [6.07, 6.45) is 1.70. The molecule has 0 spiro atoms. The van der Waals surface area contributed by atoms with Gasteiger partial charge in [-0.25, -0.2) is 0 Å². The molecule has 2 nitrogen and oxygen atoms in total. The van der Waals surface area contributed by atoms with Gasteiger partial charge in [-0.05, 0) is 39.9 Å². The predicted molar refractivity (Wildman–Crippen MR) is 70.4 cm³/mol. The minimum Gasteiger partial charge on any atom is -0.297 e. The molecule has 0 aliphatic heterocycles. The van der Waals surface area contributed by atoms with E-state index < -0.39 is 0 Å². The first-order chi connectivity index (χ1) is 7.47. The van der Waals surface area contributed by atoms with Gasteiger partial charge in [0.05, 0.1) is 5.54 Å². The lowest BCUT2D eigenvalue weighted by molar-refractivity contribution is 0.0656. The first kappa shape index (κ1) is 13.4. The monoisotopic (exact) mass is 239 g/mol. The number of carbonyl (C=O) groups excluding carboxylic acids is 1. The Morgan fingerprint density at radius 3 is 2.25 bits per heavy atom. The maximum Gasteiger partial charge on any atom is 0.183 e. The van der Waals surface area contributed by atoms with Crippen molar-refractivity contribution in [2.75, 3.05) is 14.1 Å². The van der Waals surface area contributed by atoms with Crippen molar-refractivity contribution in [1.29, 1.82) is 0 Å². The summed E-state index contributed by atoms with van der Waals surface area (Å²) in [4.78, 5) is 15.8. The molecule has 0 fully saturated rings. The number of aryl methyl sites for hydroxylation is 1. The van der Waals surface area contributed by atoms with E-state index in [9.17, 15) is 4.79 Å². The van der Waals surface area contributed by atoms with Gasteiger partial charge in [0.15, 0.2) is 5.78 Å². The summed E-state index contributed by atoms with van der Waals surface area (Å²) in [6, 6.07) is 2.00. The van der Waals surface area contributed by atoms with E-state index in [2.05, 4.69) is 18.7 Å². The lowest BCUT2D eigenvalue weighted by atomic mass is 9.84. The first-order valence-corrected chi connectivity index (χ1v) is 6.63. The van der Waals surface area contributed by atoms with Crippen molar-refractivity contribution in [3.8, 4) is 0 Å². The van der Waals surface area contributed by atoms with Crippen LogP contribution in [-0.2, 0) is 0 Å². The Balaban J connectivity index is 3.09. The van der Waals surface area contributed by atoms with E-state index in [0.29, 0.717) is 0 Å². The summed E-state index contributed by atoms with van der Waals surface area (Å²) in [7, 11) is 3.98. The van der Waals surface area contributed by atoms with Gasteiger partial charge in [-0.2, -0.15) is 0 Å². The highest BCUT2D eigenvalue weighted by molar-refractivity contribution is 7.10. The Morgan fingerprint density at radius 2 is 1.94 bits per heavy atom. The molecular formula is C13H21NOS. The molecule has 90 valence electrons. The largest absolute Gasteiger partial charge is 0.297 e. The third-order valence-electron chi connectivity index (χ3n) is 3.44. The van der Waals surface area contributed by atoms with E-state index in [4.69, 9.17) is 0 Å². The SMILES string of the molecule is CCC(CC)(C(=O)c1csc(C)c1)N(C)C. The van der Waals surface area contributed by atoms with Gasteiger partial charge >= 0.3 is 0 Å². The van der Waals surface area contributed by atoms with Crippen LogP contribution in [-0.4, -0.2) is 30.3 Å². The summed E-state index contributed by atoms with van der Waals surface area (Å²) in [5, 5.41) is 1.97. The third-order valence-corrected chi connectivity index (χ3v) is 4.30. The zero-order chi connectivity index (χ0) is 12.3. The second kappa shape index (κ2) is 5.11. The zero-order valence-corrected chi connectivity index (χ0v) is 11.6. The van der Waals surface area contributed by atoms with Gasteiger partial charge in [-0.3, -0.25) is 9.69 Å². The van der Waals surface area contributed by atoms with Crippen LogP contribution >= 0.6 is 11.3 Å². The fourth-order valence-corrected chi connectivity index (χ4v) is 2.92. The lowest BCUT2D eigenvalue weighted by Crippen LogP contribution is -2.50. The Kier molecular flexibility index (Phi) is 4.28. The number of rotatable bonds is 5. The minimum absolute atomic E-state index is 0.256. The van der Waals surface area contributed by atoms with Gasteiger partial charge in [-0.15, -0.1) is 11.3 Å². The van der Waals surface area contributed by atoms with Gasteiger partial charge < -0.3 is 0 Å². The molecule has 0 radical (unpaired) electrons. The second-order valence-corrected chi connectivity index (χ2v) is 5.52. The van der Waals surface area contributed by atoms with E-state index in [-0.39, 0.29) is 11.3 Å². The van der Waals surface area contributed by atoms with Crippen molar-refractivity contribution in [2.45, 2.75) is 39.2 Å². The summed E-state index contributed by atoms with van der Waals surface area (Å²) in [5.41, 5.74) is 0.521. The predicted octanol–water partition coefficient (Wildman–Crippen LogP) is 3.36. The summed E-state index contributed by atoms with van der Waals surface area (Å²) in [6.45, 7) is 6.21. The molecule has 0 saturated heterocycles. The molecule has 3 heteroatoms. The quantitative estimate of drug-likeness (QED) is 0.734. The van der Waals surface area contributed by atoms with E-state index in [0.717, 1.165) is 18.4 Å². The maximum absolute atomic E-state index is 12.5. The molecular weight excluding hydrogens is 218 g/mol. The molecule has 16 heavy (non-hydrogen) atoms. The molecule has 0 N–H and O–H groups in total. The van der Waals surface area contributed by atoms with Crippen molar-refractivity contribution in [1.82, 2.24) is 4.90 Å². The van der Waals surface area contributed by atoms with Gasteiger partial charge in [0.2, 0.25) is 0 Å². The van der Waals surface area contributed by atoms with Crippen LogP contribution in [0.25, 0.3) is 0 Å².